The van der Waals surface area contributed by atoms with Crippen molar-refractivity contribution in [2.24, 2.45) is 5.92 Å². The van der Waals surface area contributed by atoms with Gasteiger partial charge in [0.05, 0.1) is 6.10 Å². The van der Waals surface area contributed by atoms with E-state index in [9.17, 15) is 10.2 Å². The largest absolute Gasteiger partial charge is 0.390 e. The van der Waals surface area contributed by atoms with Gasteiger partial charge in [0.1, 0.15) is 6.10 Å². The second-order valence-electron chi connectivity index (χ2n) is 5.83. The molecule has 2 N–H and O–H groups in total. The molecule has 2 heteroatoms. The Morgan fingerprint density at radius 1 is 1.05 bits per heavy atom. The standard InChI is InChI=1S/C17H26O2/c1-2-6-13-9-11-15(12-10-13)17(19)16(18)14-7-4-3-5-8-14/h9-12,14,16-19H,2-8H2,1H3. The Bertz CT molecular complexity index is 365. The minimum absolute atomic E-state index is 0.263. The Hall–Kier alpha value is -0.860. The molecule has 1 aliphatic carbocycles. The lowest BCUT2D eigenvalue weighted by Gasteiger charge is -2.30. The fraction of sp³-hybridized carbons (Fsp3) is 0.647. The van der Waals surface area contributed by atoms with E-state index >= 15 is 0 Å². The fourth-order valence-electron chi connectivity index (χ4n) is 3.10. The minimum Gasteiger partial charge on any atom is -0.390 e. The zero-order chi connectivity index (χ0) is 13.7. The first-order chi connectivity index (χ1) is 9.22. The summed E-state index contributed by atoms with van der Waals surface area (Å²) in [5.74, 6) is 0.263. The van der Waals surface area contributed by atoms with E-state index in [0.717, 1.165) is 31.2 Å². The van der Waals surface area contributed by atoms with E-state index < -0.39 is 12.2 Å². The van der Waals surface area contributed by atoms with Gasteiger partial charge in [0, 0.05) is 0 Å². The van der Waals surface area contributed by atoms with E-state index in [-0.39, 0.29) is 5.92 Å². The van der Waals surface area contributed by atoms with Crippen molar-refractivity contribution in [2.45, 2.75) is 64.1 Å². The summed E-state index contributed by atoms with van der Waals surface area (Å²) in [5, 5.41) is 20.6. The van der Waals surface area contributed by atoms with Crippen molar-refractivity contribution < 1.29 is 10.2 Å². The van der Waals surface area contributed by atoms with Gasteiger partial charge in [0.2, 0.25) is 0 Å². The Morgan fingerprint density at radius 2 is 1.68 bits per heavy atom. The number of hydrogen-bond donors (Lipinski definition) is 2. The molecule has 19 heavy (non-hydrogen) atoms. The molecule has 2 nitrogen and oxygen atoms in total. The third-order valence-electron chi connectivity index (χ3n) is 4.32. The van der Waals surface area contributed by atoms with Crippen LogP contribution >= 0.6 is 0 Å². The molecule has 2 rings (SSSR count). The molecule has 0 spiro atoms. The maximum Gasteiger partial charge on any atom is 0.105 e. The minimum atomic E-state index is -0.737. The van der Waals surface area contributed by atoms with E-state index in [1.807, 2.05) is 12.1 Å². The lowest BCUT2D eigenvalue weighted by Crippen LogP contribution is -2.29. The summed E-state index contributed by atoms with van der Waals surface area (Å²) in [5.41, 5.74) is 2.14. The van der Waals surface area contributed by atoms with Crippen molar-refractivity contribution in [3.63, 3.8) is 0 Å². The summed E-state index contributed by atoms with van der Waals surface area (Å²) in [6.07, 6.45) is 6.58. The van der Waals surface area contributed by atoms with Crippen LogP contribution in [0.2, 0.25) is 0 Å². The SMILES string of the molecule is CCCc1ccc(C(O)C(O)C2CCCCC2)cc1. The molecule has 2 unspecified atom stereocenters. The van der Waals surface area contributed by atoms with Crippen LogP contribution in [0, 0.1) is 5.92 Å². The molecule has 0 saturated heterocycles. The Labute approximate surface area is 116 Å². The summed E-state index contributed by atoms with van der Waals surface area (Å²) < 4.78 is 0. The smallest absolute Gasteiger partial charge is 0.105 e. The molecule has 0 radical (unpaired) electrons. The molecule has 1 aromatic rings. The Kier molecular flexibility index (Phi) is 5.41. The predicted molar refractivity (Wildman–Crippen MR) is 78.0 cm³/mol. The van der Waals surface area contributed by atoms with Crippen LogP contribution in [0.3, 0.4) is 0 Å². The fourth-order valence-corrected chi connectivity index (χ4v) is 3.10. The second-order valence-corrected chi connectivity index (χ2v) is 5.83. The molecule has 1 fully saturated rings. The van der Waals surface area contributed by atoms with Gasteiger partial charge >= 0.3 is 0 Å². The molecule has 0 heterocycles. The summed E-state index contributed by atoms with van der Waals surface area (Å²) in [6.45, 7) is 2.16. The van der Waals surface area contributed by atoms with Crippen molar-refractivity contribution >= 4 is 0 Å². The van der Waals surface area contributed by atoms with Crippen LogP contribution in [0.4, 0.5) is 0 Å². The lowest BCUT2D eigenvalue weighted by molar-refractivity contribution is -0.0285. The Morgan fingerprint density at radius 3 is 2.26 bits per heavy atom. The van der Waals surface area contributed by atoms with E-state index in [1.165, 1.54) is 24.8 Å². The van der Waals surface area contributed by atoms with Crippen molar-refractivity contribution in [1.29, 1.82) is 0 Å². The molecule has 0 bridgehead atoms. The molecular formula is C17H26O2. The quantitative estimate of drug-likeness (QED) is 0.851. The van der Waals surface area contributed by atoms with Gasteiger partial charge in [-0.25, -0.2) is 0 Å². The monoisotopic (exact) mass is 262 g/mol. The molecule has 0 aromatic heterocycles. The van der Waals surface area contributed by atoms with Crippen LogP contribution in [-0.4, -0.2) is 16.3 Å². The number of aliphatic hydroxyl groups excluding tert-OH is 2. The van der Waals surface area contributed by atoms with Gasteiger partial charge in [0.15, 0.2) is 0 Å². The van der Waals surface area contributed by atoms with Crippen LogP contribution in [0.1, 0.15) is 62.7 Å². The first-order valence-corrected chi connectivity index (χ1v) is 7.67. The molecule has 106 valence electrons. The van der Waals surface area contributed by atoms with Gasteiger partial charge in [-0.15, -0.1) is 0 Å². The highest BCUT2D eigenvalue weighted by Gasteiger charge is 2.28. The van der Waals surface area contributed by atoms with E-state index in [0.29, 0.717) is 0 Å². The van der Waals surface area contributed by atoms with E-state index in [4.69, 9.17) is 0 Å². The van der Waals surface area contributed by atoms with Crippen molar-refractivity contribution in [3.8, 4) is 0 Å². The highest BCUT2D eigenvalue weighted by Crippen LogP contribution is 2.32. The number of aryl methyl sites for hydroxylation is 1. The summed E-state index contributed by atoms with van der Waals surface area (Å²) >= 11 is 0. The molecule has 1 aliphatic rings. The van der Waals surface area contributed by atoms with Crippen LogP contribution in [0.25, 0.3) is 0 Å². The average Bonchev–Trinajstić information content (AvgIpc) is 2.48. The van der Waals surface area contributed by atoms with Crippen molar-refractivity contribution in [1.82, 2.24) is 0 Å². The lowest BCUT2D eigenvalue weighted by atomic mass is 9.82. The normalized spacial score (nSPS) is 20.2. The van der Waals surface area contributed by atoms with E-state index in [2.05, 4.69) is 19.1 Å². The molecule has 0 amide bonds. The zero-order valence-electron chi connectivity index (χ0n) is 11.9. The number of rotatable bonds is 5. The van der Waals surface area contributed by atoms with E-state index in [1.54, 1.807) is 0 Å². The third kappa shape index (κ3) is 3.80. The summed E-state index contributed by atoms with van der Waals surface area (Å²) in [4.78, 5) is 0. The van der Waals surface area contributed by atoms with Crippen LogP contribution in [-0.2, 0) is 6.42 Å². The Balaban J connectivity index is 1.99. The second kappa shape index (κ2) is 7.06. The molecule has 2 atom stereocenters. The van der Waals surface area contributed by atoms with Crippen LogP contribution in [0.5, 0.6) is 0 Å². The predicted octanol–water partition coefficient (Wildman–Crippen LogP) is 3.61. The van der Waals surface area contributed by atoms with Crippen molar-refractivity contribution in [3.05, 3.63) is 35.4 Å². The summed E-state index contributed by atoms with van der Waals surface area (Å²) in [6, 6.07) is 8.05. The van der Waals surface area contributed by atoms with Gasteiger partial charge in [-0.1, -0.05) is 56.9 Å². The zero-order valence-corrected chi connectivity index (χ0v) is 11.9. The van der Waals surface area contributed by atoms with Gasteiger partial charge in [-0.3, -0.25) is 0 Å². The van der Waals surface area contributed by atoms with Gasteiger partial charge in [-0.2, -0.15) is 0 Å². The summed E-state index contributed by atoms with van der Waals surface area (Å²) in [7, 11) is 0. The molecular weight excluding hydrogens is 236 g/mol. The van der Waals surface area contributed by atoms with Crippen molar-refractivity contribution in [2.75, 3.05) is 0 Å². The van der Waals surface area contributed by atoms with Gasteiger partial charge in [-0.05, 0) is 36.3 Å². The number of benzene rings is 1. The number of aliphatic hydroxyl groups is 2. The maximum atomic E-state index is 10.3. The third-order valence-corrected chi connectivity index (χ3v) is 4.32. The topological polar surface area (TPSA) is 40.5 Å². The highest BCUT2D eigenvalue weighted by molar-refractivity contribution is 5.25. The number of hydrogen-bond acceptors (Lipinski definition) is 2. The average molecular weight is 262 g/mol. The first-order valence-electron chi connectivity index (χ1n) is 7.67. The first kappa shape index (κ1) is 14.5. The highest BCUT2D eigenvalue weighted by atomic mass is 16.3. The molecule has 1 aromatic carbocycles. The van der Waals surface area contributed by atoms with Gasteiger partial charge in [0.25, 0.3) is 0 Å². The maximum absolute atomic E-state index is 10.3. The molecule has 0 aliphatic heterocycles. The van der Waals surface area contributed by atoms with Crippen LogP contribution < -0.4 is 0 Å². The molecule has 1 saturated carbocycles. The van der Waals surface area contributed by atoms with Crippen LogP contribution in [0.15, 0.2) is 24.3 Å². The van der Waals surface area contributed by atoms with Gasteiger partial charge < -0.3 is 10.2 Å².